The quantitative estimate of drug-likeness (QED) is 0.916. The Morgan fingerprint density at radius 3 is 2.90 bits per heavy atom. The van der Waals surface area contributed by atoms with E-state index in [-0.39, 0.29) is 5.56 Å². The van der Waals surface area contributed by atoms with Crippen LogP contribution in [0.2, 0.25) is 0 Å². The molecule has 1 amide bonds. The highest BCUT2D eigenvalue weighted by atomic mass is 19.1. The van der Waals surface area contributed by atoms with Crippen LogP contribution in [0.15, 0.2) is 42.7 Å². The summed E-state index contributed by atoms with van der Waals surface area (Å²) in [7, 11) is 0. The van der Waals surface area contributed by atoms with E-state index in [2.05, 4.69) is 24.1 Å². The first-order valence-corrected chi connectivity index (χ1v) is 6.70. The van der Waals surface area contributed by atoms with Crippen molar-refractivity contribution in [2.45, 2.75) is 13.8 Å². The van der Waals surface area contributed by atoms with Gasteiger partial charge in [-0.1, -0.05) is 19.9 Å². The van der Waals surface area contributed by atoms with Crippen molar-refractivity contribution >= 4 is 11.6 Å². The summed E-state index contributed by atoms with van der Waals surface area (Å²) >= 11 is 0. The fraction of sp³-hybridized carbons (Fsp3) is 0.250. The zero-order valence-electron chi connectivity index (χ0n) is 12.0. The van der Waals surface area contributed by atoms with Crippen LogP contribution in [0.4, 0.5) is 10.1 Å². The number of aromatic nitrogens is 1. The van der Waals surface area contributed by atoms with Gasteiger partial charge in [-0.15, -0.1) is 0 Å². The van der Waals surface area contributed by atoms with Crippen molar-refractivity contribution in [3.8, 4) is 5.75 Å². The minimum atomic E-state index is -0.651. The van der Waals surface area contributed by atoms with Gasteiger partial charge in [-0.25, -0.2) is 4.39 Å². The number of nitrogens with zero attached hydrogens (tertiary/aromatic N) is 1. The van der Waals surface area contributed by atoms with Gasteiger partial charge in [0.05, 0.1) is 18.4 Å². The van der Waals surface area contributed by atoms with Crippen molar-refractivity contribution in [2.75, 3.05) is 11.9 Å². The van der Waals surface area contributed by atoms with Crippen LogP contribution in [0, 0.1) is 11.7 Å². The van der Waals surface area contributed by atoms with E-state index in [4.69, 9.17) is 4.74 Å². The number of rotatable bonds is 5. The van der Waals surface area contributed by atoms with Crippen LogP contribution >= 0.6 is 0 Å². The first kappa shape index (κ1) is 15.0. The average Bonchev–Trinajstić information content (AvgIpc) is 2.46. The molecule has 1 N–H and O–H groups in total. The minimum absolute atomic E-state index is 0.0431. The molecule has 0 saturated carbocycles. The van der Waals surface area contributed by atoms with E-state index in [1.807, 2.05) is 6.07 Å². The topological polar surface area (TPSA) is 51.2 Å². The molecule has 0 aliphatic heterocycles. The maximum absolute atomic E-state index is 13.5. The van der Waals surface area contributed by atoms with E-state index in [9.17, 15) is 9.18 Å². The number of hydrogen-bond donors (Lipinski definition) is 1. The van der Waals surface area contributed by atoms with Gasteiger partial charge in [-0.3, -0.25) is 9.78 Å². The molecule has 0 bridgehead atoms. The lowest BCUT2D eigenvalue weighted by atomic mass is 10.2. The average molecular weight is 288 g/mol. The number of nitrogens with one attached hydrogen (secondary N) is 1. The number of halogens is 1. The molecule has 2 rings (SSSR count). The number of pyridine rings is 1. The first-order valence-electron chi connectivity index (χ1n) is 6.70. The largest absolute Gasteiger partial charge is 0.493 e. The van der Waals surface area contributed by atoms with Gasteiger partial charge in [0.25, 0.3) is 5.91 Å². The Hall–Kier alpha value is -2.43. The minimum Gasteiger partial charge on any atom is -0.493 e. The number of ether oxygens (including phenoxy) is 1. The lowest BCUT2D eigenvalue weighted by Gasteiger charge is -2.11. The Morgan fingerprint density at radius 2 is 2.19 bits per heavy atom. The molecule has 0 atom stereocenters. The summed E-state index contributed by atoms with van der Waals surface area (Å²) in [6.07, 6.45) is 2.39. The summed E-state index contributed by atoms with van der Waals surface area (Å²) in [6, 6.07) is 8.35. The van der Waals surface area contributed by atoms with Gasteiger partial charge in [-0.2, -0.15) is 0 Å². The summed E-state index contributed by atoms with van der Waals surface area (Å²) < 4.78 is 19.1. The number of anilines is 1. The molecule has 1 aromatic carbocycles. The molecular formula is C16H17FN2O2. The maximum Gasteiger partial charge on any atom is 0.258 e. The van der Waals surface area contributed by atoms with Crippen LogP contribution in [-0.4, -0.2) is 17.5 Å². The molecule has 2 aromatic rings. The Kier molecular flexibility index (Phi) is 4.87. The van der Waals surface area contributed by atoms with Crippen LogP contribution < -0.4 is 10.1 Å². The van der Waals surface area contributed by atoms with E-state index in [1.165, 1.54) is 12.3 Å². The molecule has 21 heavy (non-hydrogen) atoms. The Labute approximate surface area is 123 Å². The third-order valence-corrected chi connectivity index (χ3v) is 2.69. The van der Waals surface area contributed by atoms with E-state index >= 15 is 0 Å². The third kappa shape index (κ3) is 4.27. The van der Waals surface area contributed by atoms with Crippen molar-refractivity contribution in [1.29, 1.82) is 0 Å². The predicted molar refractivity (Wildman–Crippen MR) is 78.9 cm³/mol. The smallest absolute Gasteiger partial charge is 0.258 e. The van der Waals surface area contributed by atoms with Gasteiger partial charge < -0.3 is 10.1 Å². The zero-order chi connectivity index (χ0) is 15.2. The van der Waals surface area contributed by atoms with E-state index in [1.54, 1.807) is 18.2 Å². The second-order valence-electron chi connectivity index (χ2n) is 5.04. The lowest BCUT2D eigenvalue weighted by Crippen LogP contribution is -2.14. The molecule has 1 aromatic heterocycles. The van der Waals surface area contributed by atoms with Gasteiger partial charge in [0.2, 0.25) is 0 Å². The third-order valence-electron chi connectivity index (χ3n) is 2.69. The zero-order valence-corrected chi connectivity index (χ0v) is 12.0. The van der Waals surface area contributed by atoms with Gasteiger partial charge in [0, 0.05) is 18.0 Å². The summed E-state index contributed by atoms with van der Waals surface area (Å²) in [5, 5.41) is 2.64. The SMILES string of the molecule is CC(C)COc1cccc(NC(=O)c2ccncc2F)c1. The van der Waals surface area contributed by atoms with Gasteiger partial charge >= 0.3 is 0 Å². The molecule has 110 valence electrons. The van der Waals surface area contributed by atoms with Crippen molar-refractivity contribution in [3.05, 3.63) is 54.1 Å². The van der Waals surface area contributed by atoms with Crippen LogP contribution in [0.3, 0.4) is 0 Å². The molecular weight excluding hydrogens is 271 g/mol. The predicted octanol–water partition coefficient (Wildman–Crippen LogP) is 3.51. The normalized spacial score (nSPS) is 10.5. The summed E-state index contributed by atoms with van der Waals surface area (Å²) in [4.78, 5) is 15.6. The monoisotopic (exact) mass is 288 g/mol. The fourth-order valence-corrected chi connectivity index (χ4v) is 1.68. The standard InChI is InChI=1S/C16H17FN2O2/c1-11(2)10-21-13-5-3-4-12(8-13)19-16(20)14-6-7-18-9-15(14)17/h3-9,11H,10H2,1-2H3,(H,19,20). The number of benzene rings is 1. The molecule has 0 aliphatic carbocycles. The van der Waals surface area contributed by atoms with Crippen molar-refractivity contribution < 1.29 is 13.9 Å². The Morgan fingerprint density at radius 1 is 1.38 bits per heavy atom. The number of amides is 1. The summed E-state index contributed by atoms with van der Waals surface area (Å²) in [6.45, 7) is 4.70. The molecule has 0 spiro atoms. The highest BCUT2D eigenvalue weighted by Gasteiger charge is 2.11. The van der Waals surface area contributed by atoms with Crippen LogP contribution in [0.1, 0.15) is 24.2 Å². The number of carbonyl (C=O) groups is 1. The molecule has 0 radical (unpaired) electrons. The van der Waals surface area contributed by atoms with Gasteiger partial charge in [0.1, 0.15) is 5.75 Å². The second-order valence-corrected chi connectivity index (χ2v) is 5.04. The molecule has 0 aliphatic rings. The fourth-order valence-electron chi connectivity index (χ4n) is 1.68. The highest BCUT2D eigenvalue weighted by Crippen LogP contribution is 2.19. The molecule has 0 unspecified atom stereocenters. The number of carbonyl (C=O) groups excluding carboxylic acids is 1. The van der Waals surface area contributed by atoms with Gasteiger partial charge in [-0.05, 0) is 24.1 Å². The molecule has 1 heterocycles. The van der Waals surface area contributed by atoms with Crippen molar-refractivity contribution in [2.24, 2.45) is 5.92 Å². The Bertz CT molecular complexity index is 629. The van der Waals surface area contributed by atoms with Crippen LogP contribution in [0.5, 0.6) is 5.75 Å². The van der Waals surface area contributed by atoms with Crippen molar-refractivity contribution in [1.82, 2.24) is 4.98 Å². The van der Waals surface area contributed by atoms with Crippen molar-refractivity contribution in [3.63, 3.8) is 0 Å². The van der Waals surface area contributed by atoms with E-state index in [0.717, 1.165) is 6.20 Å². The summed E-state index contributed by atoms with van der Waals surface area (Å²) in [5.41, 5.74) is 0.510. The Balaban J connectivity index is 2.07. The summed E-state index contributed by atoms with van der Waals surface area (Å²) in [5.74, 6) is -0.0935. The molecule has 4 nitrogen and oxygen atoms in total. The maximum atomic E-state index is 13.5. The number of hydrogen-bond acceptors (Lipinski definition) is 3. The van der Waals surface area contributed by atoms with Crippen LogP contribution in [-0.2, 0) is 0 Å². The lowest BCUT2D eigenvalue weighted by molar-refractivity contribution is 0.102. The molecule has 5 heteroatoms. The van der Waals surface area contributed by atoms with Crippen LogP contribution in [0.25, 0.3) is 0 Å². The van der Waals surface area contributed by atoms with E-state index in [0.29, 0.717) is 24.0 Å². The highest BCUT2D eigenvalue weighted by molar-refractivity contribution is 6.04. The molecule has 0 fully saturated rings. The molecule has 0 saturated heterocycles. The van der Waals surface area contributed by atoms with E-state index < -0.39 is 11.7 Å². The van der Waals surface area contributed by atoms with Gasteiger partial charge in [0.15, 0.2) is 5.82 Å². The first-order chi connectivity index (χ1) is 10.1. The second kappa shape index (κ2) is 6.83.